The van der Waals surface area contributed by atoms with Crippen LogP contribution in [0.15, 0.2) is 49.2 Å². The summed E-state index contributed by atoms with van der Waals surface area (Å²) in [7, 11) is 1.73. The van der Waals surface area contributed by atoms with E-state index in [1.165, 1.54) is 17.3 Å². The molecule has 1 aliphatic rings. The van der Waals surface area contributed by atoms with Crippen molar-refractivity contribution in [1.82, 2.24) is 10.3 Å². The van der Waals surface area contributed by atoms with Gasteiger partial charge in [0.2, 0.25) is 5.91 Å². The zero-order chi connectivity index (χ0) is 17.6. The van der Waals surface area contributed by atoms with Gasteiger partial charge >= 0.3 is 0 Å². The molecule has 1 aliphatic heterocycles. The van der Waals surface area contributed by atoms with Crippen LogP contribution in [0, 0.1) is 0 Å². The zero-order valence-electron chi connectivity index (χ0n) is 14.5. The van der Waals surface area contributed by atoms with E-state index in [0.717, 1.165) is 42.9 Å². The molecule has 0 saturated heterocycles. The van der Waals surface area contributed by atoms with Crippen molar-refractivity contribution in [3.05, 3.63) is 60.3 Å². The summed E-state index contributed by atoms with van der Waals surface area (Å²) in [5.74, 6) is -0.180. The average molecular weight is 337 g/mol. The van der Waals surface area contributed by atoms with E-state index in [1.807, 2.05) is 12.1 Å². The maximum absolute atomic E-state index is 11.2. The molecule has 0 radical (unpaired) electrons. The molecule has 1 N–H and O–H groups in total. The second kappa shape index (κ2) is 7.94. The lowest BCUT2D eigenvalue weighted by Crippen LogP contribution is -2.24. The molecular weight excluding hydrogens is 314 g/mol. The summed E-state index contributed by atoms with van der Waals surface area (Å²) < 4.78 is 5.18. The van der Waals surface area contributed by atoms with Crippen molar-refractivity contribution in [3.63, 3.8) is 0 Å². The highest BCUT2D eigenvalue weighted by atomic mass is 16.5. The number of ether oxygens (including phenoxy) is 1. The Morgan fingerprint density at radius 3 is 3.00 bits per heavy atom. The first-order valence-electron chi connectivity index (χ1n) is 8.43. The molecule has 3 rings (SSSR count). The van der Waals surface area contributed by atoms with Crippen LogP contribution in [0.2, 0.25) is 0 Å². The number of hydrogen-bond acceptors (Lipinski definition) is 4. The number of aromatic nitrogens is 1. The fourth-order valence-corrected chi connectivity index (χ4v) is 3.02. The van der Waals surface area contributed by atoms with Crippen LogP contribution >= 0.6 is 0 Å². The molecule has 1 aromatic heterocycles. The Bertz CT molecular complexity index is 756. The third kappa shape index (κ3) is 4.06. The maximum atomic E-state index is 11.2. The first-order valence-corrected chi connectivity index (χ1v) is 8.43. The number of fused-ring (bicyclic) bond motifs is 1. The fourth-order valence-electron chi connectivity index (χ4n) is 3.02. The van der Waals surface area contributed by atoms with Gasteiger partial charge in [-0.25, -0.2) is 0 Å². The Kier molecular flexibility index (Phi) is 5.46. The topological polar surface area (TPSA) is 54.5 Å². The van der Waals surface area contributed by atoms with E-state index in [9.17, 15) is 4.79 Å². The summed E-state index contributed by atoms with van der Waals surface area (Å²) >= 11 is 0. The van der Waals surface area contributed by atoms with Gasteiger partial charge in [0.15, 0.2) is 0 Å². The summed E-state index contributed by atoms with van der Waals surface area (Å²) in [6, 6.07) is 10.5. The highest BCUT2D eigenvalue weighted by molar-refractivity contribution is 5.86. The van der Waals surface area contributed by atoms with Gasteiger partial charge in [0.1, 0.15) is 0 Å². The highest BCUT2D eigenvalue weighted by Crippen LogP contribution is 2.31. The third-order valence-electron chi connectivity index (χ3n) is 4.41. The van der Waals surface area contributed by atoms with E-state index in [4.69, 9.17) is 4.74 Å². The molecule has 2 heterocycles. The van der Waals surface area contributed by atoms with Crippen LogP contribution < -0.4 is 10.2 Å². The second-order valence-electron chi connectivity index (χ2n) is 6.05. The molecule has 0 saturated carbocycles. The van der Waals surface area contributed by atoms with Crippen LogP contribution in [0.5, 0.6) is 0 Å². The molecule has 2 aromatic rings. The largest absolute Gasteiger partial charge is 0.383 e. The van der Waals surface area contributed by atoms with Gasteiger partial charge in [0.25, 0.3) is 0 Å². The number of methoxy groups -OCH3 is 1. The van der Waals surface area contributed by atoms with Gasteiger partial charge in [0, 0.05) is 44.2 Å². The first kappa shape index (κ1) is 17.2. The molecule has 5 nitrogen and oxygen atoms in total. The third-order valence-corrected chi connectivity index (χ3v) is 4.41. The van der Waals surface area contributed by atoms with E-state index in [0.29, 0.717) is 6.54 Å². The lowest BCUT2D eigenvalue weighted by Gasteiger charge is -2.18. The molecule has 0 unspecified atom stereocenters. The Hall–Kier alpha value is -2.66. The standard InChI is InChI=1S/C20H23N3O2/c1-3-20(24)22-14-15-4-6-18(21-13-15)16-5-7-19-17(12-16)8-9-23(19)10-11-25-2/h3-7,12-13H,1,8-11,14H2,2H3,(H,22,24). The van der Waals surface area contributed by atoms with Crippen molar-refractivity contribution in [3.8, 4) is 11.3 Å². The minimum atomic E-state index is -0.180. The Morgan fingerprint density at radius 1 is 1.40 bits per heavy atom. The number of hydrogen-bond donors (Lipinski definition) is 1. The smallest absolute Gasteiger partial charge is 0.243 e. The monoisotopic (exact) mass is 337 g/mol. The van der Waals surface area contributed by atoms with Gasteiger partial charge < -0.3 is 15.0 Å². The van der Waals surface area contributed by atoms with Crippen molar-refractivity contribution >= 4 is 11.6 Å². The van der Waals surface area contributed by atoms with Gasteiger partial charge in [0.05, 0.1) is 12.3 Å². The minimum absolute atomic E-state index is 0.180. The number of anilines is 1. The molecule has 0 fully saturated rings. The molecule has 5 heteroatoms. The van der Waals surface area contributed by atoms with E-state index in [2.05, 4.69) is 40.0 Å². The van der Waals surface area contributed by atoms with E-state index in [1.54, 1.807) is 13.3 Å². The van der Waals surface area contributed by atoms with Crippen LogP contribution in [0.25, 0.3) is 11.3 Å². The summed E-state index contributed by atoms with van der Waals surface area (Å²) in [5.41, 5.74) is 5.68. The number of nitrogens with zero attached hydrogens (tertiary/aromatic N) is 2. The molecule has 0 atom stereocenters. The van der Waals surface area contributed by atoms with Crippen molar-refractivity contribution in [2.24, 2.45) is 0 Å². The van der Waals surface area contributed by atoms with E-state index < -0.39 is 0 Å². The summed E-state index contributed by atoms with van der Waals surface area (Å²) in [4.78, 5) is 18.1. The number of nitrogens with one attached hydrogen (secondary N) is 1. The fraction of sp³-hybridized carbons (Fsp3) is 0.300. The highest BCUT2D eigenvalue weighted by Gasteiger charge is 2.19. The van der Waals surface area contributed by atoms with Gasteiger partial charge in [-0.2, -0.15) is 0 Å². The maximum Gasteiger partial charge on any atom is 0.243 e. The Morgan fingerprint density at radius 2 is 2.28 bits per heavy atom. The predicted molar refractivity (Wildman–Crippen MR) is 99.5 cm³/mol. The van der Waals surface area contributed by atoms with Gasteiger partial charge in [-0.1, -0.05) is 18.7 Å². The molecule has 0 aliphatic carbocycles. The van der Waals surface area contributed by atoms with E-state index >= 15 is 0 Å². The summed E-state index contributed by atoms with van der Waals surface area (Å²) in [6.45, 7) is 6.60. The van der Waals surface area contributed by atoms with Gasteiger partial charge in [-0.05, 0) is 41.8 Å². The SMILES string of the molecule is C=CC(=O)NCc1ccc(-c2ccc3c(c2)CCN3CCOC)nc1. The number of benzene rings is 1. The molecule has 0 bridgehead atoms. The molecule has 1 aromatic carbocycles. The lowest BCUT2D eigenvalue weighted by molar-refractivity contribution is -0.116. The molecule has 130 valence electrons. The van der Waals surface area contributed by atoms with Gasteiger partial charge in [-0.3, -0.25) is 9.78 Å². The number of pyridine rings is 1. The number of amides is 1. The first-order chi connectivity index (χ1) is 12.2. The Balaban J connectivity index is 1.70. The predicted octanol–water partition coefficient (Wildman–Crippen LogP) is 2.56. The molecule has 1 amide bonds. The average Bonchev–Trinajstić information content (AvgIpc) is 3.07. The van der Waals surface area contributed by atoms with Crippen molar-refractivity contribution in [2.75, 3.05) is 31.7 Å². The van der Waals surface area contributed by atoms with Crippen LogP contribution in [0.1, 0.15) is 11.1 Å². The van der Waals surface area contributed by atoms with Crippen molar-refractivity contribution in [1.29, 1.82) is 0 Å². The molecule has 25 heavy (non-hydrogen) atoms. The normalized spacial score (nSPS) is 12.8. The van der Waals surface area contributed by atoms with Crippen LogP contribution in [-0.2, 0) is 22.5 Å². The second-order valence-corrected chi connectivity index (χ2v) is 6.05. The molecular formula is C20H23N3O2. The lowest BCUT2D eigenvalue weighted by atomic mass is 10.0. The van der Waals surface area contributed by atoms with Crippen LogP contribution in [0.3, 0.4) is 0 Å². The summed E-state index contributed by atoms with van der Waals surface area (Å²) in [5, 5.41) is 2.75. The van der Waals surface area contributed by atoms with Crippen LogP contribution in [0.4, 0.5) is 5.69 Å². The van der Waals surface area contributed by atoms with Gasteiger partial charge in [-0.15, -0.1) is 0 Å². The zero-order valence-corrected chi connectivity index (χ0v) is 14.5. The Labute approximate surface area is 148 Å². The van der Waals surface area contributed by atoms with Crippen molar-refractivity contribution < 1.29 is 9.53 Å². The number of carbonyl (C=O) groups is 1. The van der Waals surface area contributed by atoms with E-state index in [-0.39, 0.29) is 5.91 Å². The minimum Gasteiger partial charge on any atom is -0.383 e. The quantitative estimate of drug-likeness (QED) is 0.789. The van der Waals surface area contributed by atoms with Crippen LogP contribution in [-0.4, -0.2) is 37.7 Å². The number of carbonyl (C=O) groups excluding carboxylic acids is 1. The molecule has 0 spiro atoms. The summed E-state index contributed by atoms with van der Waals surface area (Å²) in [6.07, 6.45) is 4.12. The number of rotatable bonds is 7. The van der Waals surface area contributed by atoms with Crippen molar-refractivity contribution in [2.45, 2.75) is 13.0 Å².